The number of benzene rings is 2. The smallest absolute Gasteiger partial charge is 0.220 e. The molecule has 1 aliphatic heterocycles. The van der Waals surface area contributed by atoms with Gasteiger partial charge in [0.25, 0.3) is 0 Å². The Morgan fingerprint density at radius 3 is 1.80 bits per heavy atom. The molecular weight excluding hydrogens is 485 g/mol. The molecule has 35 heavy (non-hydrogen) atoms. The Hall–Kier alpha value is -2.71. The summed E-state index contributed by atoms with van der Waals surface area (Å²) in [5.41, 5.74) is 1.50. The molecule has 0 saturated carbocycles. The molecule has 0 amide bonds. The number of hydrogen-bond acceptors (Lipinski definition) is 3. The third-order valence-corrected chi connectivity index (χ3v) is 6.42. The van der Waals surface area contributed by atoms with E-state index in [2.05, 4.69) is 9.88 Å². The molecule has 0 aliphatic carbocycles. The van der Waals surface area contributed by atoms with Gasteiger partial charge in [0.1, 0.15) is 11.6 Å². The van der Waals surface area contributed by atoms with Crippen molar-refractivity contribution in [3.05, 3.63) is 94.4 Å². The Labute approximate surface area is 208 Å². The fourth-order valence-corrected chi connectivity index (χ4v) is 4.41. The highest BCUT2D eigenvalue weighted by Gasteiger charge is 2.25. The van der Waals surface area contributed by atoms with Crippen LogP contribution in [0.3, 0.4) is 0 Å². The Morgan fingerprint density at radius 2 is 1.29 bits per heavy atom. The first-order valence-electron chi connectivity index (χ1n) is 11.3. The molecule has 2 heterocycles. The Balaban J connectivity index is 0.00000342. The first kappa shape index (κ1) is 26.9. The maximum absolute atomic E-state index is 14.3. The van der Waals surface area contributed by atoms with E-state index in [1.165, 1.54) is 24.3 Å². The minimum absolute atomic E-state index is 0. The SMILES string of the molecule is Cc1c(F)nc(N2CCN(CCCC(c3ccc(F)cc3)c3ccc(F)cc3)CC2)c(F)c1F.Cl. The molecule has 0 unspecified atom stereocenters. The van der Waals surface area contributed by atoms with Crippen LogP contribution in [-0.2, 0) is 0 Å². The minimum atomic E-state index is -1.20. The lowest BCUT2D eigenvalue weighted by Crippen LogP contribution is -2.47. The molecule has 3 nitrogen and oxygen atoms in total. The summed E-state index contributed by atoms with van der Waals surface area (Å²) in [4.78, 5) is 7.40. The number of nitrogens with zero attached hydrogens (tertiary/aromatic N) is 3. The summed E-state index contributed by atoms with van der Waals surface area (Å²) in [6.07, 6.45) is 1.61. The normalized spacial score (nSPS) is 14.3. The predicted molar refractivity (Wildman–Crippen MR) is 129 cm³/mol. The number of halogens is 6. The third-order valence-electron chi connectivity index (χ3n) is 6.42. The molecule has 0 spiro atoms. The molecule has 3 aromatic rings. The fraction of sp³-hybridized carbons (Fsp3) is 0.346. The van der Waals surface area contributed by atoms with Crippen LogP contribution in [0.2, 0.25) is 0 Å². The third kappa shape index (κ3) is 6.30. The van der Waals surface area contributed by atoms with Gasteiger partial charge in [0.05, 0.1) is 0 Å². The van der Waals surface area contributed by atoms with Crippen molar-refractivity contribution in [3.63, 3.8) is 0 Å². The van der Waals surface area contributed by atoms with Crippen molar-refractivity contribution in [2.75, 3.05) is 37.6 Å². The summed E-state index contributed by atoms with van der Waals surface area (Å²) < 4.78 is 68.8. The van der Waals surface area contributed by atoms with Gasteiger partial charge in [0.15, 0.2) is 11.6 Å². The second-order valence-electron chi connectivity index (χ2n) is 8.61. The van der Waals surface area contributed by atoms with Crippen molar-refractivity contribution in [1.29, 1.82) is 0 Å². The summed E-state index contributed by atoms with van der Waals surface area (Å²) in [7, 11) is 0. The van der Waals surface area contributed by atoms with Crippen LogP contribution in [0.5, 0.6) is 0 Å². The van der Waals surface area contributed by atoms with Gasteiger partial charge in [-0.25, -0.2) is 13.2 Å². The van der Waals surface area contributed by atoms with E-state index in [0.717, 1.165) is 37.4 Å². The minimum Gasteiger partial charge on any atom is -0.351 e. The van der Waals surface area contributed by atoms with Crippen LogP contribution in [0.1, 0.15) is 35.4 Å². The Kier molecular flexibility index (Phi) is 9.08. The lowest BCUT2D eigenvalue weighted by atomic mass is 9.87. The topological polar surface area (TPSA) is 19.4 Å². The summed E-state index contributed by atoms with van der Waals surface area (Å²) in [6, 6.07) is 12.7. The number of hydrogen-bond donors (Lipinski definition) is 0. The lowest BCUT2D eigenvalue weighted by Gasteiger charge is -2.35. The van der Waals surface area contributed by atoms with Crippen LogP contribution in [-0.4, -0.2) is 42.6 Å². The van der Waals surface area contributed by atoms with Crippen LogP contribution in [0.25, 0.3) is 0 Å². The molecule has 0 radical (unpaired) electrons. The second-order valence-corrected chi connectivity index (χ2v) is 8.61. The van der Waals surface area contributed by atoms with E-state index in [-0.39, 0.29) is 35.8 Å². The van der Waals surface area contributed by atoms with Crippen LogP contribution < -0.4 is 4.90 Å². The van der Waals surface area contributed by atoms with E-state index >= 15 is 0 Å². The van der Waals surface area contributed by atoms with Crippen molar-refractivity contribution in [2.24, 2.45) is 0 Å². The number of anilines is 1. The van der Waals surface area contributed by atoms with E-state index in [1.807, 2.05) is 0 Å². The molecule has 0 bridgehead atoms. The predicted octanol–water partition coefficient (Wildman–Crippen LogP) is 6.24. The Bertz CT molecular complexity index is 1070. The van der Waals surface area contributed by atoms with Crippen LogP contribution in [0.4, 0.5) is 27.8 Å². The van der Waals surface area contributed by atoms with Crippen LogP contribution >= 0.6 is 12.4 Å². The van der Waals surface area contributed by atoms with Crippen molar-refractivity contribution in [2.45, 2.75) is 25.7 Å². The zero-order chi connectivity index (χ0) is 24.2. The average molecular weight is 512 g/mol. The van der Waals surface area contributed by atoms with Crippen molar-refractivity contribution >= 4 is 18.2 Å². The molecule has 1 saturated heterocycles. The molecular formula is C26H27ClF5N3. The van der Waals surface area contributed by atoms with Gasteiger partial charge >= 0.3 is 0 Å². The summed E-state index contributed by atoms with van der Waals surface area (Å²) >= 11 is 0. The first-order chi connectivity index (χ1) is 16.3. The molecule has 188 valence electrons. The number of aromatic nitrogens is 1. The molecule has 1 aromatic heterocycles. The lowest BCUT2D eigenvalue weighted by molar-refractivity contribution is 0.250. The maximum Gasteiger partial charge on any atom is 0.220 e. The van der Waals surface area contributed by atoms with E-state index < -0.39 is 23.1 Å². The van der Waals surface area contributed by atoms with Crippen LogP contribution in [0, 0.1) is 36.1 Å². The quantitative estimate of drug-likeness (QED) is 0.276. The summed E-state index contributed by atoms with van der Waals surface area (Å²) in [5, 5.41) is 0. The van der Waals surface area contributed by atoms with Crippen molar-refractivity contribution in [3.8, 4) is 0 Å². The van der Waals surface area contributed by atoms with Crippen LogP contribution in [0.15, 0.2) is 48.5 Å². The van der Waals surface area contributed by atoms with E-state index in [0.29, 0.717) is 26.2 Å². The van der Waals surface area contributed by atoms with Gasteiger partial charge in [-0.15, -0.1) is 12.4 Å². The van der Waals surface area contributed by atoms with Gasteiger partial charge in [-0.05, 0) is 61.7 Å². The molecule has 0 atom stereocenters. The summed E-state index contributed by atoms with van der Waals surface area (Å²) in [5.74, 6) is -4.21. The largest absolute Gasteiger partial charge is 0.351 e. The highest BCUT2D eigenvalue weighted by molar-refractivity contribution is 5.85. The van der Waals surface area contributed by atoms with Gasteiger partial charge in [-0.1, -0.05) is 24.3 Å². The average Bonchev–Trinajstić information content (AvgIpc) is 2.85. The highest BCUT2D eigenvalue weighted by Crippen LogP contribution is 2.30. The second kappa shape index (κ2) is 11.8. The van der Waals surface area contributed by atoms with E-state index in [1.54, 1.807) is 29.2 Å². The first-order valence-corrected chi connectivity index (χ1v) is 11.3. The zero-order valence-corrected chi connectivity index (χ0v) is 20.1. The summed E-state index contributed by atoms with van der Waals surface area (Å²) in [6.45, 7) is 3.97. The number of rotatable bonds is 7. The van der Waals surface area contributed by atoms with E-state index in [9.17, 15) is 22.0 Å². The standard InChI is InChI=1S/C26H26F5N3.ClH/c1-17-23(29)24(30)26(32-25(17)31)34-15-13-33(14-16-34)12-2-3-22(18-4-8-20(27)9-5-18)19-6-10-21(28)11-7-19;/h4-11,22H,2-3,12-16H2,1H3;1H. The van der Waals surface area contributed by atoms with E-state index in [4.69, 9.17) is 0 Å². The molecule has 9 heteroatoms. The van der Waals surface area contributed by atoms with Gasteiger partial charge in [0, 0.05) is 37.7 Å². The molecule has 0 N–H and O–H groups in total. The maximum atomic E-state index is 14.3. The van der Waals surface area contributed by atoms with Gasteiger partial charge in [-0.2, -0.15) is 13.8 Å². The van der Waals surface area contributed by atoms with Gasteiger partial charge in [0.2, 0.25) is 11.8 Å². The van der Waals surface area contributed by atoms with Crippen molar-refractivity contribution in [1.82, 2.24) is 9.88 Å². The highest BCUT2D eigenvalue weighted by atomic mass is 35.5. The van der Waals surface area contributed by atoms with Gasteiger partial charge in [-0.3, -0.25) is 4.90 Å². The monoisotopic (exact) mass is 511 g/mol. The molecule has 4 rings (SSSR count). The molecule has 2 aromatic carbocycles. The van der Waals surface area contributed by atoms with Gasteiger partial charge < -0.3 is 4.90 Å². The number of piperazine rings is 1. The molecule has 1 aliphatic rings. The Morgan fingerprint density at radius 1 is 0.771 bits per heavy atom. The zero-order valence-electron chi connectivity index (χ0n) is 19.3. The number of pyridine rings is 1. The van der Waals surface area contributed by atoms with Crippen molar-refractivity contribution < 1.29 is 22.0 Å². The molecule has 1 fully saturated rings. The fourth-order valence-electron chi connectivity index (χ4n) is 4.41.